The Morgan fingerprint density at radius 2 is 0.969 bits per heavy atom. The van der Waals surface area contributed by atoms with Crippen molar-refractivity contribution in [1.29, 1.82) is 0 Å². The Morgan fingerprint density at radius 1 is 0.615 bits per heavy atom. The van der Waals surface area contributed by atoms with Gasteiger partial charge in [-0.15, -0.1) is 23.5 Å². The Hall–Kier alpha value is -5.42. The third-order valence-electron chi connectivity index (χ3n) is 11.6. The molecule has 0 bridgehead atoms. The van der Waals surface area contributed by atoms with Crippen molar-refractivity contribution in [1.82, 2.24) is 20.4 Å². The van der Waals surface area contributed by atoms with Crippen LogP contribution in [-0.2, 0) is 41.7 Å². The lowest BCUT2D eigenvalue weighted by molar-refractivity contribution is -0.141. The molecule has 0 aliphatic carbocycles. The second kappa shape index (κ2) is 20.4. The topological polar surface area (TPSA) is 179 Å². The van der Waals surface area contributed by atoms with Crippen molar-refractivity contribution in [2.45, 2.75) is 116 Å². The van der Waals surface area contributed by atoms with Gasteiger partial charge >= 0.3 is 12.2 Å². The van der Waals surface area contributed by atoms with Crippen molar-refractivity contribution in [2.75, 3.05) is 41.5 Å². The first-order valence-corrected chi connectivity index (χ1v) is 23.5. The van der Waals surface area contributed by atoms with E-state index in [1.165, 1.54) is 37.7 Å². The molecule has 65 heavy (non-hydrogen) atoms. The molecule has 2 aliphatic heterocycles. The Labute approximate surface area is 391 Å². The number of ether oxygens (including phenoxy) is 2. The van der Waals surface area contributed by atoms with E-state index < -0.39 is 56.7 Å². The summed E-state index contributed by atoms with van der Waals surface area (Å²) in [7, 11) is 2.49. The van der Waals surface area contributed by atoms with E-state index in [1.807, 2.05) is 148 Å². The largest absolute Gasteiger partial charge is 0.453 e. The predicted octanol–water partition coefficient (Wildman–Crippen LogP) is 7.67. The summed E-state index contributed by atoms with van der Waals surface area (Å²) in [5.41, 5.74) is 2.89. The minimum Gasteiger partial charge on any atom is -0.453 e. The first-order chi connectivity index (χ1) is 30.4. The third kappa shape index (κ3) is 12.5. The summed E-state index contributed by atoms with van der Waals surface area (Å²) < 4.78 is 8.40. The van der Waals surface area contributed by atoms with Gasteiger partial charge in [0.25, 0.3) is 0 Å². The van der Waals surface area contributed by atoms with Gasteiger partial charge in [-0.25, -0.2) is 9.59 Å². The molecule has 4 unspecified atom stereocenters. The highest BCUT2D eigenvalue weighted by atomic mass is 32.2. The Bertz CT molecular complexity index is 2060. The van der Waals surface area contributed by atoms with Gasteiger partial charge in [0.2, 0.25) is 23.6 Å². The second-order valence-electron chi connectivity index (χ2n) is 19.6. The fraction of sp³-hybridized carbons (Fsp3) is 0.500. The minimum absolute atomic E-state index is 0.293. The number of thioether (sulfide) groups is 2. The number of hydrogen-bond donors (Lipinski definition) is 4. The van der Waals surface area contributed by atoms with E-state index in [9.17, 15) is 28.8 Å². The smallest absolute Gasteiger partial charge is 0.407 e. The van der Waals surface area contributed by atoms with Crippen LogP contribution in [0.1, 0.15) is 80.4 Å². The maximum absolute atomic E-state index is 14.0. The SMILES string of the molecule is COC(=O)NC(C(=O)N1CSC(C)(C)C1C(=O)Nc1ccc(CN(Cc2ccc(NC(=O)C3N(C(=O)C(NC(=O)OC)C(C)(C)C)CSC3(C)C)cc2)c2ccccc2)cc1)C(C)(C)C. The van der Waals surface area contributed by atoms with Crippen LogP contribution < -0.4 is 26.2 Å². The molecule has 0 spiro atoms. The third-order valence-corrected chi connectivity index (χ3v) is 14.3. The minimum atomic E-state index is -0.907. The molecule has 4 atom stereocenters. The number of carbonyl (C=O) groups is 6. The van der Waals surface area contributed by atoms with Crippen LogP contribution in [0.2, 0.25) is 0 Å². The van der Waals surface area contributed by atoms with Crippen LogP contribution in [0.4, 0.5) is 26.7 Å². The maximum Gasteiger partial charge on any atom is 0.407 e. The molecule has 0 saturated carbocycles. The van der Waals surface area contributed by atoms with Crippen molar-refractivity contribution < 1.29 is 38.2 Å². The van der Waals surface area contributed by atoms with Gasteiger partial charge in [0.15, 0.2) is 0 Å². The average Bonchev–Trinajstić information content (AvgIpc) is 3.75. The Balaban J connectivity index is 1.27. The maximum atomic E-state index is 14.0. The van der Waals surface area contributed by atoms with E-state index >= 15 is 0 Å². The number of para-hydroxylation sites is 1. The van der Waals surface area contributed by atoms with Crippen LogP contribution >= 0.6 is 23.5 Å². The zero-order chi connectivity index (χ0) is 48.1. The standard InChI is InChI=1S/C48H65N7O8S2/c1-45(2,3)35(51-43(60)62-11)41(58)54-28-64-47(7,8)37(54)39(56)49-32-22-18-30(19-23-32)26-53(34-16-14-13-15-17-34)27-31-20-24-33(25-21-31)50-40(57)38-48(9,10)65-29-55(38)42(59)36(46(4,5)6)52-44(61)63-12/h13-25,35-38H,26-29H2,1-12H3,(H,49,56)(H,50,57)(H,51,60)(H,52,61). The lowest BCUT2D eigenvalue weighted by atomic mass is 9.85. The van der Waals surface area contributed by atoms with Crippen LogP contribution in [0.5, 0.6) is 0 Å². The van der Waals surface area contributed by atoms with Crippen molar-refractivity contribution in [3.05, 3.63) is 90.0 Å². The summed E-state index contributed by atoms with van der Waals surface area (Å²) in [6.07, 6.45) is -1.43. The Morgan fingerprint density at radius 3 is 1.29 bits per heavy atom. The molecule has 15 nitrogen and oxygen atoms in total. The van der Waals surface area contributed by atoms with Gasteiger partial charge in [0.1, 0.15) is 24.2 Å². The highest BCUT2D eigenvalue weighted by molar-refractivity contribution is 8.01. The average molecular weight is 932 g/mol. The van der Waals surface area contributed by atoms with Gasteiger partial charge in [-0.05, 0) is 86.1 Å². The van der Waals surface area contributed by atoms with Crippen LogP contribution in [0.15, 0.2) is 78.9 Å². The number of alkyl carbamates (subject to hydrolysis) is 2. The lowest BCUT2D eigenvalue weighted by Gasteiger charge is -2.36. The molecule has 17 heteroatoms. The predicted molar refractivity (Wildman–Crippen MR) is 258 cm³/mol. The lowest BCUT2D eigenvalue weighted by Crippen LogP contribution is -2.59. The first-order valence-electron chi connectivity index (χ1n) is 21.5. The summed E-state index contributed by atoms with van der Waals surface area (Å²) in [5, 5.41) is 11.4. The van der Waals surface area contributed by atoms with E-state index in [0.717, 1.165) is 16.8 Å². The van der Waals surface area contributed by atoms with E-state index in [0.29, 0.717) is 36.2 Å². The highest BCUT2D eigenvalue weighted by Gasteiger charge is 2.52. The molecule has 4 N–H and O–H groups in total. The second-order valence-corrected chi connectivity index (χ2v) is 22.8. The van der Waals surface area contributed by atoms with Crippen LogP contribution in [0.25, 0.3) is 0 Å². The fourth-order valence-corrected chi connectivity index (χ4v) is 10.2. The molecular weight excluding hydrogens is 867 g/mol. The zero-order valence-electron chi connectivity index (χ0n) is 39.6. The summed E-state index contributed by atoms with van der Waals surface area (Å²) in [6, 6.07) is 21.9. The number of carbonyl (C=O) groups excluding carboxylic acids is 6. The number of amides is 6. The summed E-state index contributed by atoms with van der Waals surface area (Å²) in [4.78, 5) is 85.5. The molecule has 2 aliphatic rings. The van der Waals surface area contributed by atoms with Crippen LogP contribution in [0.3, 0.4) is 0 Å². The number of rotatable bonds is 13. The van der Waals surface area contributed by atoms with Crippen molar-refractivity contribution in [3.8, 4) is 0 Å². The zero-order valence-corrected chi connectivity index (χ0v) is 41.2. The molecule has 3 aromatic rings. The molecule has 352 valence electrons. The van der Waals surface area contributed by atoms with E-state index in [-0.39, 0.29) is 23.6 Å². The van der Waals surface area contributed by atoms with Gasteiger partial charge in [-0.2, -0.15) is 0 Å². The summed E-state index contributed by atoms with van der Waals surface area (Å²) in [6.45, 7) is 19.9. The molecule has 2 fully saturated rings. The van der Waals surface area contributed by atoms with Gasteiger partial charge in [0, 0.05) is 39.6 Å². The van der Waals surface area contributed by atoms with Gasteiger partial charge in [-0.3, -0.25) is 19.2 Å². The van der Waals surface area contributed by atoms with Crippen molar-refractivity contribution in [2.24, 2.45) is 10.8 Å². The molecule has 0 radical (unpaired) electrons. The number of benzene rings is 3. The van der Waals surface area contributed by atoms with Crippen LogP contribution in [-0.4, -0.2) is 105 Å². The summed E-state index contributed by atoms with van der Waals surface area (Å²) >= 11 is 3.01. The van der Waals surface area contributed by atoms with Crippen molar-refractivity contribution >= 4 is 76.4 Å². The number of hydrogen-bond acceptors (Lipinski definition) is 11. The van der Waals surface area contributed by atoms with Gasteiger partial charge in [-0.1, -0.05) is 84.0 Å². The molecular formula is C48H65N7O8S2. The quantitative estimate of drug-likeness (QED) is 0.132. The van der Waals surface area contributed by atoms with Crippen LogP contribution in [0, 0.1) is 10.8 Å². The van der Waals surface area contributed by atoms with Gasteiger partial charge < -0.3 is 45.4 Å². The molecule has 6 amide bonds. The normalized spacial score (nSPS) is 18.8. The van der Waals surface area contributed by atoms with E-state index in [1.54, 1.807) is 9.80 Å². The van der Waals surface area contributed by atoms with Gasteiger partial charge in [0.05, 0.1) is 26.0 Å². The fourth-order valence-electron chi connectivity index (χ4n) is 7.93. The molecule has 0 aromatic heterocycles. The molecule has 2 heterocycles. The van der Waals surface area contributed by atoms with E-state index in [4.69, 9.17) is 9.47 Å². The van der Waals surface area contributed by atoms with E-state index in [2.05, 4.69) is 26.2 Å². The number of methoxy groups -OCH3 is 2. The number of nitrogens with zero attached hydrogens (tertiary/aromatic N) is 3. The molecule has 3 aromatic carbocycles. The summed E-state index contributed by atoms with van der Waals surface area (Å²) in [5.74, 6) is -0.772. The highest BCUT2D eigenvalue weighted by Crippen LogP contribution is 2.42. The van der Waals surface area contributed by atoms with Crippen molar-refractivity contribution in [3.63, 3.8) is 0 Å². The number of anilines is 3. The monoisotopic (exact) mass is 931 g/mol. The first kappa shape index (κ1) is 50.6. The Kier molecular flexibility index (Phi) is 15.9. The molecule has 5 rings (SSSR count). The molecule has 2 saturated heterocycles. The number of nitrogens with one attached hydrogen (secondary N) is 4.